The van der Waals surface area contributed by atoms with Crippen LogP contribution in [-0.4, -0.2) is 14.9 Å². The molecule has 0 saturated carbocycles. The summed E-state index contributed by atoms with van der Waals surface area (Å²) < 4.78 is 1.73. The van der Waals surface area contributed by atoms with Crippen molar-refractivity contribution < 1.29 is 5.11 Å². The van der Waals surface area contributed by atoms with Crippen LogP contribution in [0.15, 0.2) is 36.5 Å². The second-order valence-electron chi connectivity index (χ2n) is 6.24. The van der Waals surface area contributed by atoms with Crippen LogP contribution in [0.25, 0.3) is 0 Å². The van der Waals surface area contributed by atoms with E-state index in [1.165, 1.54) is 0 Å². The molecule has 1 aromatic heterocycles. The van der Waals surface area contributed by atoms with Crippen LogP contribution in [0.5, 0.6) is 0 Å². The molecule has 0 radical (unpaired) electrons. The Balaban J connectivity index is 2.37. The molecule has 2 rings (SSSR count). The molecule has 3 N–H and O–H groups in total. The van der Waals surface area contributed by atoms with Crippen molar-refractivity contribution in [2.24, 2.45) is 12.8 Å². The number of rotatable bonds is 3. The molecule has 0 fully saturated rings. The number of nitrogens with zero attached hydrogens (tertiary/aromatic N) is 2. The standard InChI is InChI=1S/C16H23N3O/c1-16(2,3)15-12(10-19(4)18-15)14(20)13(17)11-8-6-5-7-9-11/h5-10,13-14,20H,17H2,1-4H3. The fourth-order valence-corrected chi connectivity index (χ4v) is 2.36. The van der Waals surface area contributed by atoms with Crippen molar-refractivity contribution >= 4 is 0 Å². The molecule has 0 aliphatic heterocycles. The van der Waals surface area contributed by atoms with Gasteiger partial charge in [-0.2, -0.15) is 5.10 Å². The smallest absolute Gasteiger partial charge is 0.102 e. The lowest BCUT2D eigenvalue weighted by molar-refractivity contribution is 0.144. The van der Waals surface area contributed by atoms with E-state index in [-0.39, 0.29) is 5.41 Å². The van der Waals surface area contributed by atoms with E-state index in [1.807, 2.05) is 43.6 Å². The molecule has 2 aromatic rings. The quantitative estimate of drug-likeness (QED) is 0.903. The van der Waals surface area contributed by atoms with E-state index in [4.69, 9.17) is 5.73 Å². The highest BCUT2D eigenvalue weighted by atomic mass is 16.3. The second-order valence-corrected chi connectivity index (χ2v) is 6.24. The minimum Gasteiger partial charge on any atom is -0.386 e. The molecule has 0 bridgehead atoms. The van der Waals surface area contributed by atoms with E-state index in [1.54, 1.807) is 4.68 Å². The molecule has 0 aliphatic carbocycles. The van der Waals surface area contributed by atoms with E-state index in [0.717, 1.165) is 16.8 Å². The Hall–Kier alpha value is -1.65. The van der Waals surface area contributed by atoms with Crippen molar-refractivity contribution in [1.29, 1.82) is 0 Å². The van der Waals surface area contributed by atoms with E-state index < -0.39 is 12.1 Å². The average molecular weight is 273 g/mol. The van der Waals surface area contributed by atoms with E-state index in [2.05, 4.69) is 25.9 Å². The number of aliphatic hydroxyl groups is 1. The van der Waals surface area contributed by atoms with Gasteiger partial charge in [-0.1, -0.05) is 51.1 Å². The van der Waals surface area contributed by atoms with Crippen LogP contribution in [0.4, 0.5) is 0 Å². The fourth-order valence-electron chi connectivity index (χ4n) is 2.36. The van der Waals surface area contributed by atoms with Gasteiger partial charge in [0.25, 0.3) is 0 Å². The van der Waals surface area contributed by atoms with Crippen LogP contribution in [-0.2, 0) is 12.5 Å². The van der Waals surface area contributed by atoms with Gasteiger partial charge in [0.1, 0.15) is 6.10 Å². The average Bonchev–Trinajstić information content (AvgIpc) is 2.80. The second kappa shape index (κ2) is 5.38. The Labute approximate surface area is 120 Å². The molecule has 2 unspecified atom stereocenters. The van der Waals surface area contributed by atoms with Gasteiger partial charge < -0.3 is 10.8 Å². The summed E-state index contributed by atoms with van der Waals surface area (Å²) in [7, 11) is 1.86. The molecular weight excluding hydrogens is 250 g/mol. The monoisotopic (exact) mass is 273 g/mol. The zero-order chi connectivity index (χ0) is 14.9. The van der Waals surface area contributed by atoms with Crippen LogP contribution < -0.4 is 5.73 Å². The van der Waals surface area contributed by atoms with Crippen LogP contribution in [0.2, 0.25) is 0 Å². The van der Waals surface area contributed by atoms with Gasteiger partial charge in [0.2, 0.25) is 0 Å². The molecule has 108 valence electrons. The number of hydrogen-bond donors (Lipinski definition) is 2. The summed E-state index contributed by atoms with van der Waals surface area (Å²) in [6.45, 7) is 6.25. The van der Waals surface area contributed by atoms with Crippen molar-refractivity contribution in [2.45, 2.75) is 38.3 Å². The molecule has 1 aromatic carbocycles. The predicted octanol–water partition coefficient (Wildman–Crippen LogP) is 2.45. The van der Waals surface area contributed by atoms with E-state index >= 15 is 0 Å². The van der Waals surface area contributed by atoms with Crippen LogP contribution >= 0.6 is 0 Å². The first-order valence-electron chi connectivity index (χ1n) is 6.83. The fraction of sp³-hybridized carbons (Fsp3) is 0.438. The first kappa shape index (κ1) is 14.8. The summed E-state index contributed by atoms with van der Waals surface area (Å²) in [5, 5.41) is 15.1. The Morgan fingerprint density at radius 1 is 1.20 bits per heavy atom. The summed E-state index contributed by atoms with van der Waals surface area (Å²) in [6.07, 6.45) is 1.09. The number of nitrogens with two attached hydrogens (primary N) is 1. The molecule has 4 nitrogen and oxygen atoms in total. The summed E-state index contributed by atoms with van der Waals surface area (Å²) in [5.74, 6) is 0. The Morgan fingerprint density at radius 3 is 2.35 bits per heavy atom. The molecular formula is C16H23N3O. The largest absolute Gasteiger partial charge is 0.386 e. The van der Waals surface area contributed by atoms with Gasteiger partial charge in [0.15, 0.2) is 0 Å². The normalized spacial score (nSPS) is 15.1. The molecule has 1 heterocycles. The topological polar surface area (TPSA) is 64.1 Å². The van der Waals surface area contributed by atoms with Gasteiger partial charge in [0, 0.05) is 24.2 Å². The maximum Gasteiger partial charge on any atom is 0.102 e. The molecule has 4 heteroatoms. The molecule has 0 saturated heterocycles. The number of benzene rings is 1. The van der Waals surface area contributed by atoms with Crippen LogP contribution in [0.1, 0.15) is 49.7 Å². The first-order valence-corrected chi connectivity index (χ1v) is 6.83. The highest BCUT2D eigenvalue weighted by molar-refractivity contribution is 5.30. The van der Waals surface area contributed by atoms with Crippen LogP contribution in [0, 0.1) is 0 Å². The van der Waals surface area contributed by atoms with Gasteiger partial charge in [0.05, 0.1) is 11.7 Å². The van der Waals surface area contributed by atoms with Crippen molar-refractivity contribution in [3.05, 3.63) is 53.3 Å². The summed E-state index contributed by atoms with van der Waals surface area (Å²) in [6, 6.07) is 9.20. The zero-order valence-electron chi connectivity index (χ0n) is 12.5. The first-order chi connectivity index (χ1) is 9.30. The molecule has 20 heavy (non-hydrogen) atoms. The zero-order valence-corrected chi connectivity index (χ0v) is 12.5. The Bertz CT molecular complexity index is 569. The van der Waals surface area contributed by atoms with Crippen LogP contribution in [0.3, 0.4) is 0 Å². The predicted molar refractivity (Wildman–Crippen MR) is 80.2 cm³/mol. The maximum absolute atomic E-state index is 10.6. The third-order valence-corrected chi connectivity index (χ3v) is 3.41. The van der Waals surface area contributed by atoms with Gasteiger partial charge in [-0.3, -0.25) is 4.68 Å². The number of aryl methyl sites for hydroxylation is 1. The number of aliphatic hydroxyl groups excluding tert-OH is 1. The highest BCUT2D eigenvalue weighted by Gasteiger charge is 2.29. The highest BCUT2D eigenvalue weighted by Crippen LogP contribution is 2.33. The van der Waals surface area contributed by atoms with Gasteiger partial charge in [-0.15, -0.1) is 0 Å². The minimum atomic E-state index is -0.764. The lowest BCUT2D eigenvalue weighted by Crippen LogP contribution is -2.23. The Kier molecular flexibility index (Phi) is 3.97. The van der Waals surface area contributed by atoms with E-state index in [9.17, 15) is 5.11 Å². The Morgan fingerprint density at radius 2 is 1.80 bits per heavy atom. The van der Waals surface area contributed by atoms with Crippen molar-refractivity contribution in [3.63, 3.8) is 0 Å². The van der Waals surface area contributed by atoms with Gasteiger partial charge in [-0.25, -0.2) is 0 Å². The van der Waals surface area contributed by atoms with Gasteiger partial charge in [-0.05, 0) is 5.56 Å². The third-order valence-electron chi connectivity index (χ3n) is 3.41. The lowest BCUT2D eigenvalue weighted by Gasteiger charge is -2.23. The molecule has 0 aliphatic rings. The summed E-state index contributed by atoms with van der Waals surface area (Å²) in [4.78, 5) is 0. The molecule has 2 atom stereocenters. The summed E-state index contributed by atoms with van der Waals surface area (Å²) in [5.41, 5.74) is 8.68. The minimum absolute atomic E-state index is 0.131. The lowest BCUT2D eigenvalue weighted by atomic mass is 9.86. The number of aromatic nitrogens is 2. The third kappa shape index (κ3) is 2.92. The van der Waals surface area contributed by atoms with Crippen molar-refractivity contribution in [3.8, 4) is 0 Å². The molecule has 0 amide bonds. The summed E-state index contributed by atoms with van der Waals surface area (Å²) >= 11 is 0. The van der Waals surface area contributed by atoms with Crippen molar-refractivity contribution in [1.82, 2.24) is 9.78 Å². The molecule has 0 spiro atoms. The van der Waals surface area contributed by atoms with Crippen molar-refractivity contribution in [2.75, 3.05) is 0 Å². The number of hydrogen-bond acceptors (Lipinski definition) is 3. The van der Waals surface area contributed by atoms with Gasteiger partial charge >= 0.3 is 0 Å². The van der Waals surface area contributed by atoms with E-state index in [0.29, 0.717) is 0 Å². The SMILES string of the molecule is Cn1cc(C(O)C(N)c2ccccc2)c(C(C)(C)C)n1. The maximum atomic E-state index is 10.6.